The van der Waals surface area contributed by atoms with Gasteiger partial charge in [-0.25, -0.2) is 0 Å². The number of rotatable bonds is 3. The van der Waals surface area contributed by atoms with E-state index in [1.54, 1.807) is 17.0 Å². The fourth-order valence-electron chi connectivity index (χ4n) is 2.16. The minimum Gasteiger partial charge on any atom is -0.336 e. The molecule has 0 N–H and O–H groups in total. The van der Waals surface area contributed by atoms with E-state index in [1.165, 1.54) is 28.8 Å². The van der Waals surface area contributed by atoms with E-state index in [0.29, 0.717) is 28.7 Å². The van der Waals surface area contributed by atoms with Crippen molar-refractivity contribution < 1.29 is 13.2 Å². The summed E-state index contributed by atoms with van der Waals surface area (Å²) in [5.74, 6) is -0.180. The van der Waals surface area contributed by atoms with E-state index < -0.39 is 10.2 Å². The van der Waals surface area contributed by atoms with Gasteiger partial charge in [-0.2, -0.15) is 17.0 Å². The Balaban J connectivity index is 2.05. The molecule has 0 unspecified atom stereocenters. The Hall–Kier alpha value is -0.860. The zero-order chi connectivity index (χ0) is 16.5. The van der Waals surface area contributed by atoms with Crippen molar-refractivity contribution in [1.82, 2.24) is 13.5 Å². The third-order valence-corrected chi connectivity index (χ3v) is 6.16. The van der Waals surface area contributed by atoms with Gasteiger partial charge >= 0.3 is 0 Å². The molecule has 0 aliphatic carbocycles. The standard InChI is InChI=1S/C13H17Cl2N3O3S/c1-16(2)22(20,21)18-7-5-17(6-8-18)13(19)10-3-4-11(14)12(15)9-10/h3-4,9H,5-8H2,1-2H3. The van der Waals surface area contributed by atoms with Crippen molar-refractivity contribution in [1.29, 1.82) is 0 Å². The van der Waals surface area contributed by atoms with Crippen molar-refractivity contribution in [3.8, 4) is 0 Å². The van der Waals surface area contributed by atoms with Crippen LogP contribution in [0.3, 0.4) is 0 Å². The lowest BCUT2D eigenvalue weighted by molar-refractivity contribution is 0.0695. The molecule has 1 saturated heterocycles. The minimum absolute atomic E-state index is 0.180. The topological polar surface area (TPSA) is 60.9 Å². The van der Waals surface area contributed by atoms with Gasteiger partial charge in [0.05, 0.1) is 10.0 Å². The highest BCUT2D eigenvalue weighted by molar-refractivity contribution is 7.86. The normalized spacial score (nSPS) is 17.0. The molecule has 122 valence electrons. The van der Waals surface area contributed by atoms with Gasteiger partial charge in [0.25, 0.3) is 16.1 Å². The Morgan fingerprint density at radius 1 is 1.09 bits per heavy atom. The van der Waals surface area contributed by atoms with Crippen LogP contribution < -0.4 is 0 Å². The summed E-state index contributed by atoms with van der Waals surface area (Å²) < 4.78 is 26.6. The Bertz CT molecular complexity index is 671. The maximum absolute atomic E-state index is 12.4. The lowest BCUT2D eigenvalue weighted by Gasteiger charge is -2.35. The molecule has 6 nitrogen and oxygen atoms in total. The highest BCUT2D eigenvalue weighted by atomic mass is 35.5. The summed E-state index contributed by atoms with van der Waals surface area (Å²) in [5, 5.41) is 0.710. The molecule has 1 aliphatic rings. The first-order chi connectivity index (χ1) is 10.2. The molecule has 1 aromatic rings. The van der Waals surface area contributed by atoms with E-state index in [1.807, 2.05) is 0 Å². The summed E-state index contributed by atoms with van der Waals surface area (Å²) in [7, 11) is -0.459. The zero-order valence-electron chi connectivity index (χ0n) is 12.3. The van der Waals surface area contributed by atoms with Crippen LogP contribution in [0.2, 0.25) is 10.0 Å². The predicted octanol–water partition coefficient (Wildman–Crippen LogP) is 1.56. The van der Waals surface area contributed by atoms with Crippen LogP contribution in [0.1, 0.15) is 10.4 Å². The first kappa shape index (κ1) is 17.5. The van der Waals surface area contributed by atoms with Gasteiger partial charge in [0.1, 0.15) is 0 Å². The maximum atomic E-state index is 12.4. The third kappa shape index (κ3) is 3.55. The lowest BCUT2D eigenvalue weighted by atomic mass is 10.2. The molecule has 0 saturated carbocycles. The molecular weight excluding hydrogens is 349 g/mol. The molecule has 0 atom stereocenters. The molecular formula is C13H17Cl2N3O3S. The van der Waals surface area contributed by atoms with E-state index in [4.69, 9.17) is 23.2 Å². The van der Waals surface area contributed by atoms with Gasteiger partial charge in [-0.05, 0) is 18.2 Å². The highest BCUT2D eigenvalue weighted by Crippen LogP contribution is 2.23. The molecule has 1 amide bonds. The fraction of sp³-hybridized carbons (Fsp3) is 0.462. The van der Waals surface area contributed by atoms with Gasteiger partial charge in [0, 0.05) is 45.8 Å². The predicted molar refractivity (Wildman–Crippen MR) is 86.5 cm³/mol. The third-order valence-electron chi connectivity index (χ3n) is 3.48. The van der Waals surface area contributed by atoms with Crippen LogP contribution >= 0.6 is 23.2 Å². The molecule has 0 spiro atoms. The van der Waals surface area contributed by atoms with Gasteiger partial charge in [-0.15, -0.1) is 0 Å². The minimum atomic E-state index is -3.44. The van der Waals surface area contributed by atoms with Gasteiger partial charge in [-0.3, -0.25) is 4.79 Å². The Morgan fingerprint density at radius 2 is 1.68 bits per heavy atom. The van der Waals surface area contributed by atoms with Gasteiger partial charge in [0.2, 0.25) is 0 Å². The first-order valence-electron chi connectivity index (χ1n) is 6.65. The Kier molecular flexibility index (Phi) is 5.34. The van der Waals surface area contributed by atoms with E-state index in [2.05, 4.69) is 0 Å². The van der Waals surface area contributed by atoms with Crippen LogP contribution in [-0.4, -0.2) is 68.1 Å². The molecule has 22 heavy (non-hydrogen) atoms. The van der Waals surface area contributed by atoms with Crippen LogP contribution in [0, 0.1) is 0 Å². The average molecular weight is 366 g/mol. The molecule has 1 aromatic carbocycles. The summed E-state index contributed by atoms with van der Waals surface area (Å²) in [4.78, 5) is 14.0. The molecule has 1 fully saturated rings. The summed E-state index contributed by atoms with van der Waals surface area (Å²) in [6.07, 6.45) is 0. The summed E-state index contributed by atoms with van der Waals surface area (Å²) >= 11 is 11.8. The second-order valence-corrected chi connectivity index (χ2v) is 8.07. The number of benzene rings is 1. The van der Waals surface area contributed by atoms with Crippen molar-refractivity contribution in [3.63, 3.8) is 0 Å². The van der Waals surface area contributed by atoms with E-state index in [9.17, 15) is 13.2 Å². The molecule has 1 heterocycles. The van der Waals surface area contributed by atoms with Crippen molar-refractivity contribution in [2.24, 2.45) is 0 Å². The number of hydrogen-bond acceptors (Lipinski definition) is 3. The lowest BCUT2D eigenvalue weighted by Crippen LogP contribution is -2.53. The van der Waals surface area contributed by atoms with Crippen molar-refractivity contribution in [3.05, 3.63) is 33.8 Å². The number of hydrogen-bond donors (Lipinski definition) is 0. The van der Waals surface area contributed by atoms with Gasteiger partial charge < -0.3 is 4.90 Å². The number of amides is 1. The van der Waals surface area contributed by atoms with E-state index in [-0.39, 0.29) is 19.0 Å². The fourth-order valence-corrected chi connectivity index (χ4v) is 3.55. The quantitative estimate of drug-likeness (QED) is 0.816. The van der Waals surface area contributed by atoms with Crippen molar-refractivity contribution in [2.45, 2.75) is 0 Å². The molecule has 0 radical (unpaired) electrons. The second-order valence-electron chi connectivity index (χ2n) is 5.11. The molecule has 2 rings (SSSR count). The van der Waals surface area contributed by atoms with Crippen molar-refractivity contribution >= 4 is 39.3 Å². The first-order valence-corrected chi connectivity index (χ1v) is 8.80. The molecule has 1 aliphatic heterocycles. The smallest absolute Gasteiger partial charge is 0.281 e. The number of nitrogens with zero attached hydrogens (tertiary/aromatic N) is 3. The van der Waals surface area contributed by atoms with Gasteiger partial charge in [-0.1, -0.05) is 23.2 Å². The average Bonchev–Trinajstić information content (AvgIpc) is 2.49. The Labute approximate surface area is 140 Å². The van der Waals surface area contributed by atoms with Crippen molar-refractivity contribution in [2.75, 3.05) is 40.3 Å². The largest absolute Gasteiger partial charge is 0.336 e. The van der Waals surface area contributed by atoms with E-state index in [0.717, 1.165) is 0 Å². The highest BCUT2D eigenvalue weighted by Gasteiger charge is 2.30. The SMILES string of the molecule is CN(C)S(=O)(=O)N1CCN(C(=O)c2ccc(Cl)c(Cl)c2)CC1. The van der Waals surface area contributed by atoms with Crippen LogP contribution in [0.15, 0.2) is 18.2 Å². The Morgan fingerprint density at radius 3 is 2.18 bits per heavy atom. The molecule has 9 heteroatoms. The van der Waals surface area contributed by atoms with E-state index >= 15 is 0 Å². The number of halogens is 2. The second kappa shape index (κ2) is 6.72. The number of carbonyl (C=O) groups is 1. The summed E-state index contributed by atoms with van der Waals surface area (Å²) in [5.41, 5.74) is 0.443. The summed E-state index contributed by atoms with van der Waals surface area (Å²) in [6, 6.07) is 4.71. The maximum Gasteiger partial charge on any atom is 0.281 e. The van der Waals surface area contributed by atoms with Crippen LogP contribution in [0.5, 0.6) is 0 Å². The summed E-state index contributed by atoms with van der Waals surface area (Å²) in [6.45, 7) is 1.22. The van der Waals surface area contributed by atoms with Gasteiger partial charge in [0.15, 0.2) is 0 Å². The van der Waals surface area contributed by atoms with Crippen LogP contribution in [0.4, 0.5) is 0 Å². The van der Waals surface area contributed by atoms with Crippen LogP contribution in [0.25, 0.3) is 0 Å². The molecule has 0 aromatic heterocycles. The van der Waals surface area contributed by atoms with Crippen LogP contribution in [-0.2, 0) is 10.2 Å². The number of carbonyl (C=O) groups excluding carboxylic acids is 1. The zero-order valence-corrected chi connectivity index (χ0v) is 14.6. The molecule has 0 bridgehead atoms. The monoisotopic (exact) mass is 365 g/mol. The number of piperazine rings is 1.